The summed E-state index contributed by atoms with van der Waals surface area (Å²) in [6.07, 6.45) is 2.05. The minimum atomic E-state index is -0.0429. The zero-order valence-electron chi connectivity index (χ0n) is 35.2. The predicted molar refractivity (Wildman–Crippen MR) is 238 cm³/mol. The molecule has 0 fully saturated rings. The maximum atomic E-state index is 10.6. The van der Waals surface area contributed by atoms with E-state index in [1.54, 1.807) is 0 Å². The molecule has 0 radical (unpaired) electrons. The smallest absolute Gasteiger partial charge is 0.138 e. The van der Waals surface area contributed by atoms with E-state index in [0.29, 0.717) is 5.56 Å². The van der Waals surface area contributed by atoms with Crippen LogP contribution >= 0.6 is 0 Å². The standard InChI is InChI=1S/C52H54N4/c1-49(2,3)33-17-21-38-39-22-18-34(50(4,5)6)26-44(39)55(43(38)25-33)47-31-54-48(29-42(47)37-16-14-13-15-32(37)30-53)56-45-27-35(51(7,8)9)19-23-40(45)41-24-20-36(28-46(41)56)52(10,11)12/h13-29,31H,1-12H3. The van der Waals surface area contributed by atoms with E-state index in [1.807, 2.05) is 24.4 Å². The van der Waals surface area contributed by atoms with Gasteiger partial charge in [-0.2, -0.15) is 5.26 Å². The van der Waals surface area contributed by atoms with Gasteiger partial charge in [-0.15, -0.1) is 0 Å². The summed E-state index contributed by atoms with van der Waals surface area (Å²) in [5.41, 5.74) is 12.8. The second-order valence-corrected chi connectivity index (χ2v) is 19.8. The van der Waals surface area contributed by atoms with Crippen LogP contribution in [0.25, 0.3) is 66.2 Å². The van der Waals surface area contributed by atoms with Crippen LogP contribution in [0.15, 0.2) is 109 Å². The fraction of sp³-hybridized carbons (Fsp3) is 0.308. The van der Waals surface area contributed by atoms with Crippen LogP contribution < -0.4 is 0 Å². The van der Waals surface area contributed by atoms with Gasteiger partial charge in [-0.25, -0.2) is 4.98 Å². The third-order valence-electron chi connectivity index (χ3n) is 11.7. The average Bonchev–Trinajstić information content (AvgIpc) is 3.64. The van der Waals surface area contributed by atoms with Crippen molar-refractivity contribution in [1.82, 2.24) is 14.1 Å². The lowest BCUT2D eigenvalue weighted by atomic mass is 9.86. The molecule has 3 aromatic heterocycles. The van der Waals surface area contributed by atoms with Gasteiger partial charge in [-0.05, 0) is 80.3 Å². The molecule has 8 aromatic rings. The SMILES string of the molecule is CC(C)(C)c1ccc2c3ccc(C(C)(C)C)cc3n(-c3cc(-c4ccccc4C#N)c(-n4c5cc(C(C)(C)C)ccc5c5ccc(C(C)(C)C)cc54)cn3)c2c1. The van der Waals surface area contributed by atoms with Crippen LogP contribution in [0, 0.1) is 11.3 Å². The van der Waals surface area contributed by atoms with Crippen LogP contribution in [0.5, 0.6) is 0 Å². The second kappa shape index (κ2) is 12.7. The van der Waals surface area contributed by atoms with Crippen molar-refractivity contribution in [3.8, 4) is 28.7 Å². The minimum absolute atomic E-state index is 0.0332. The maximum absolute atomic E-state index is 10.6. The van der Waals surface area contributed by atoms with Crippen LogP contribution in [-0.2, 0) is 21.7 Å². The summed E-state index contributed by atoms with van der Waals surface area (Å²) in [6.45, 7) is 27.2. The van der Waals surface area contributed by atoms with Gasteiger partial charge in [-0.1, -0.05) is 150 Å². The van der Waals surface area contributed by atoms with Gasteiger partial charge in [0.15, 0.2) is 0 Å². The Morgan fingerprint density at radius 3 is 1.20 bits per heavy atom. The largest absolute Gasteiger partial charge is 0.307 e. The van der Waals surface area contributed by atoms with Crippen molar-refractivity contribution in [1.29, 1.82) is 5.26 Å². The average molecular weight is 735 g/mol. The molecule has 0 aliphatic rings. The van der Waals surface area contributed by atoms with Crippen LogP contribution in [-0.4, -0.2) is 14.1 Å². The summed E-state index contributed by atoms with van der Waals surface area (Å²) in [5, 5.41) is 15.4. The van der Waals surface area contributed by atoms with Crippen molar-refractivity contribution in [2.45, 2.75) is 105 Å². The fourth-order valence-electron chi connectivity index (χ4n) is 8.18. The van der Waals surface area contributed by atoms with Crippen molar-refractivity contribution >= 4 is 43.6 Å². The van der Waals surface area contributed by atoms with Crippen molar-refractivity contribution < 1.29 is 0 Å². The molecule has 0 saturated heterocycles. The Morgan fingerprint density at radius 1 is 0.446 bits per heavy atom. The van der Waals surface area contributed by atoms with Crippen LogP contribution in [0.3, 0.4) is 0 Å². The number of rotatable bonds is 3. The highest BCUT2D eigenvalue weighted by molar-refractivity contribution is 6.11. The summed E-state index contributed by atoms with van der Waals surface area (Å²) < 4.78 is 4.75. The van der Waals surface area contributed by atoms with Crippen LogP contribution in [0.1, 0.15) is 111 Å². The third-order valence-corrected chi connectivity index (χ3v) is 11.7. The normalized spacial score (nSPS) is 13.0. The third kappa shape index (κ3) is 6.19. The Morgan fingerprint density at radius 2 is 0.821 bits per heavy atom. The van der Waals surface area contributed by atoms with E-state index >= 15 is 0 Å². The molecule has 3 heterocycles. The molecule has 0 unspecified atom stereocenters. The number of hydrogen-bond acceptors (Lipinski definition) is 2. The van der Waals surface area contributed by atoms with Gasteiger partial charge in [0.2, 0.25) is 0 Å². The minimum Gasteiger partial charge on any atom is -0.307 e. The van der Waals surface area contributed by atoms with Gasteiger partial charge in [-0.3, -0.25) is 4.57 Å². The van der Waals surface area contributed by atoms with E-state index in [0.717, 1.165) is 44.7 Å². The Kier molecular flexibility index (Phi) is 8.44. The van der Waals surface area contributed by atoms with Gasteiger partial charge in [0.05, 0.1) is 45.6 Å². The van der Waals surface area contributed by atoms with Gasteiger partial charge < -0.3 is 4.57 Å². The van der Waals surface area contributed by atoms with E-state index in [2.05, 4.69) is 183 Å². The lowest BCUT2D eigenvalue weighted by Crippen LogP contribution is -2.12. The molecule has 0 amide bonds. The topological polar surface area (TPSA) is 46.5 Å². The van der Waals surface area contributed by atoms with Crippen LogP contribution in [0.2, 0.25) is 0 Å². The molecule has 56 heavy (non-hydrogen) atoms. The van der Waals surface area contributed by atoms with Gasteiger partial charge in [0.1, 0.15) is 5.82 Å². The fourth-order valence-corrected chi connectivity index (χ4v) is 8.18. The van der Waals surface area contributed by atoms with Gasteiger partial charge >= 0.3 is 0 Å². The first-order valence-corrected chi connectivity index (χ1v) is 19.9. The predicted octanol–water partition coefficient (Wildman–Crippen LogP) is 14.0. The van der Waals surface area contributed by atoms with Crippen molar-refractivity contribution in [3.63, 3.8) is 0 Å². The molecule has 4 heteroatoms. The number of benzene rings is 5. The number of pyridine rings is 1. The monoisotopic (exact) mass is 734 g/mol. The molecule has 0 atom stereocenters. The number of fused-ring (bicyclic) bond motifs is 6. The van der Waals surface area contributed by atoms with Crippen LogP contribution in [0.4, 0.5) is 0 Å². The Hall–Kier alpha value is -5.66. The number of aromatic nitrogens is 3. The molecule has 0 bridgehead atoms. The van der Waals surface area contributed by atoms with E-state index in [9.17, 15) is 5.26 Å². The molecule has 0 aliphatic carbocycles. The van der Waals surface area contributed by atoms with E-state index in [4.69, 9.17) is 4.98 Å². The molecule has 0 aliphatic heterocycles. The quantitative estimate of drug-likeness (QED) is 0.181. The molecule has 4 nitrogen and oxygen atoms in total. The summed E-state index contributed by atoms with van der Waals surface area (Å²) in [4.78, 5) is 5.42. The first kappa shape index (κ1) is 37.3. The Labute approximate surface area is 332 Å². The highest BCUT2D eigenvalue weighted by atomic mass is 15.1. The Balaban J connectivity index is 1.53. The highest BCUT2D eigenvalue weighted by Gasteiger charge is 2.26. The molecule has 0 spiro atoms. The summed E-state index contributed by atoms with van der Waals surface area (Å²) in [6, 6.07) is 40.4. The summed E-state index contributed by atoms with van der Waals surface area (Å²) in [7, 11) is 0. The lowest BCUT2D eigenvalue weighted by molar-refractivity contribution is 0.590. The zero-order valence-corrected chi connectivity index (χ0v) is 35.2. The van der Waals surface area contributed by atoms with E-state index < -0.39 is 0 Å². The molecule has 0 N–H and O–H groups in total. The highest BCUT2D eigenvalue weighted by Crippen LogP contribution is 2.42. The Bertz CT molecular complexity index is 2750. The molecule has 0 saturated carbocycles. The zero-order chi connectivity index (χ0) is 40.1. The van der Waals surface area contributed by atoms with E-state index in [-0.39, 0.29) is 21.7 Å². The molecule has 282 valence electrons. The first-order valence-electron chi connectivity index (χ1n) is 19.9. The first-order chi connectivity index (χ1) is 26.3. The van der Waals surface area contributed by atoms with Gasteiger partial charge in [0, 0.05) is 32.7 Å². The lowest BCUT2D eigenvalue weighted by Gasteiger charge is -2.22. The molecule has 5 aromatic carbocycles. The molecule has 8 rings (SSSR count). The van der Waals surface area contributed by atoms with E-state index in [1.165, 1.54) is 43.8 Å². The number of hydrogen-bond donors (Lipinski definition) is 0. The molecular weight excluding hydrogens is 681 g/mol. The van der Waals surface area contributed by atoms with Crippen molar-refractivity contribution in [3.05, 3.63) is 137 Å². The van der Waals surface area contributed by atoms with Crippen molar-refractivity contribution in [2.24, 2.45) is 0 Å². The number of nitriles is 1. The van der Waals surface area contributed by atoms with Crippen molar-refractivity contribution in [2.75, 3.05) is 0 Å². The second-order valence-electron chi connectivity index (χ2n) is 19.8. The maximum Gasteiger partial charge on any atom is 0.138 e. The number of nitrogens with zero attached hydrogens (tertiary/aromatic N) is 4. The molecular formula is C52H54N4. The van der Waals surface area contributed by atoms with Gasteiger partial charge in [0.25, 0.3) is 0 Å². The summed E-state index contributed by atoms with van der Waals surface area (Å²) >= 11 is 0. The summed E-state index contributed by atoms with van der Waals surface area (Å²) in [5.74, 6) is 0.820.